The molecule has 0 atom stereocenters. The van der Waals surface area contributed by atoms with Crippen LogP contribution in [0.5, 0.6) is 0 Å². The van der Waals surface area contributed by atoms with Gasteiger partial charge in [0.1, 0.15) is 0 Å². The molecular weight excluding hydrogens is 606 g/mol. The van der Waals surface area contributed by atoms with Crippen molar-refractivity contribution in [1.82, 2.24) is 0 Å². The second-order valence-corrected chi connectivity index (χ2v) is 12.1. The van der Waals surface area contributed by atoms with Gasteiger partial charge >= 0.3 is 12.4 Å². The summed E-state index contributed by atoms with van der Waals surface area (Å²) in [5.74, 6) is 12.7. The highest BCUT2D eigenvalue weighted by Crippen LogP contribution is 2.51. The Bertz CT molecular complexity index is 2330. The number of alkyl halides is 6. The largest absolute Gasteiger partial charge is 0.416 e. The van der Waals surface area contributed by atoms with Crippen LogP contribution in [0.4, 0.5) is 26.3 Å². The fourth-order valence-corrected chi connectivity index (χ4v) is 6.39. The highest BCUT2D eigenvalue weighted by Gasteiger charge is 2.36. The Kier molecular flexibility index (Phi) is 6.95. The van der Waals surface area contributed by atoms with E-state index in [0.717, 1.165) is 62.5 Å². The Labute approximate surface area is 267 Å². The van der Waals surface area contributed by atoms with Crippen LogP contribution in [-0.4, -0.2) is 0 Å². The molecule has 0 amide bonds. The molecule has 230 valence electrons. The lowest BCUT2D eigenvalue weighted by Gasteiger charge is -2.22. The average Bonchev–Trinajstić information content (AvgIpc) is 3.27. The van der Waals surface area contributed by atoms with Crippen LogP contribution in [0.1, 0.15) is 58.4 Å². The van der Waals surface area contributed by atoms with Gasteiger partial charge in [-0.2, -0.15) is 26.3 Å². The normalized spacial score (nSPS) is 13.4. The van der Waals surface area contributed by atoms with E-state index in [1.165, 1.54) is 29.8 Å². The quantitative estimate of drug-likeness (QED) is 0.0890. The van der Waals surface area contributed by atoms with Crippen molar-refractivity contribution in [1.29, 1.82) is 0 Å². The van der Waals surface area contributed by atoms with E-state index in [1.807, 2.05) is 36.4 Å². The number of hydrogen-bond acceptors (Lipinski definition) is 0. The molecule has 0 fully saturated rings. The zero-order valence-electron chi connectivity index (χ0n) is 25.2. The van der Waals surface area contributed by atoms with Gasteiger partial charge in [-0.25, -0.2) is 0 Å². The topological polar surface area (TPSA) is 0 Å². The third kappa shape index (κ3) is 5.30. The fourth-order valence-electron chi connectivity index (χ4n) is 6.39. The van der Waals surface area contributed by atoms with Gasteiger partial charge in [0, 0.05) is 27.7 Å². The van der Waals surface area contributed by atoms with Crippen molar-refractivity contribution in [2.24, 2.45) is 0 Å². The molecule has 6 aromatic rings. The average molecular weight is 631 g/mol. The maximum atomic E-state index is 13.2. The molecule has 0 aliphatic heterocycles. The van der Waals surface area contributed by atoms with Crippen LogP contribution in [0.3, 0.4) is 0 Å². The highest BCUT2D eigenvalue weighted by molar-refractivity contribution is 6.11. The fraction of sp³-hybridized carbons (Fsp3) is 0.122. The van der Waals surface area contributed by atoms with Gasteiger partial charge in [0.15, 0.2) is 0 Å². The van der Waals surface area contributed by atoms with E-state index in [4.69, 9.17) is 0 Å². The predicted octanol–water partition coefficient (Wildman–Crippen LogP) is 11.1. The standard InChI is InChI=1S/C41H24F6/c1-39(2)37-10-6-5-9-33(37)36-23-34-31(21-15-25-11-17-27(18-12-25)40(42,43)44)29-7-3-4-8-30(29)32(35(34)24-38(36)39)22-16-26-13-19-28(20-14-26)41(45,46)47/h3-14,17-20,23-24H,1-2H3. The predicted molar refractivity (Wildman–Crippen MR) is 174 cm³/mol. The summed E-state index contributed by atoms with van der Waals surface area (Å²) in [6, 6.07) is 29.6. The zero-order chi connectivity index (χ0) is 33.1. The Morgan fingerprint density at radius 1 is 0.447 bits per heavy atom. The number of rotatable bonds is 0. The lowest BCUT2D eigenvalue weighted by Crippen LogP contribution is -2.14. The molecular formula is C41H24F6. The molecule has 0 saturated carbocycles. The van der Waals surface area contributed by atoms with E-state index in [0.29, 0.717) is 22.3 Å². The van der Waals surface area contributed by atoms with E-state index in [-0.39, 0.29) is 5.41 Å². The molecule has 6 aromatic carbocycles. The molecule has 0 aromatic heterocycles. The van der Waals surface area contributed by atoms with E-state index < -0.39 is 23.5 Å². The van der Waals surface area contributed by atoms with Crippen molar-refractivity contribution in [3.05, 3.63) is 154 Å². The molecule has 0 spiro atoms. The van der Waals surface area contributed by atoms with Gasteiger partial charge in [0.2, 0.25) is 0 Å². The minimum atomic E-state index is -4.44. The van der Waals surface area contributed by atoms with E-state index in [1.54, 1.807) is 0 Å². The third-order valence-electron chi connectivity index (χ3n) is 8.81. The molecule has 0 bridgehead atoms. The summed E-state index contributed by atoms with van der Waals surface area (Å²) in [5, 5.41) is 3.27. The molecule has 0 radical (unpaired) electrons. The first kappa shape index (κ1) is 30.2. The Hall–Kier alpha value is -5.46. The first-order valence-corrected chi connectivity index (χ1v) is 14.8. The smallest absolute Gasteiger partial charge is 0.166 e. The van der Waals surface area contributed by atoms with Crippen LogP contribution in [0.2, 0.25) is 0 Å². The third-order valence-corrected chi connectivity index (χ3v) is 8.81. The second kappa shape index (κ2) is 10.8. The number of benzene rings is 6. The SMILES string of the molecule is CC1(C)c2ccccc2-c2cc3c(C#Cc4ccc(C(F)(F)F)cc4)c4ccccc4c(C#Cc4ccc(C(F)(F)F)cc4)c3cc21. The number of fused-ring (bicyclic) bond motifs is 5. The van der Waals surface area contributed by atoms with Gasteiger partial charge in [0.05, 0.1) is 11.1 Å². The lowest BCUT2D eigenvalue weighted by atomic mass is 9.81. The maximum Gasteiger partial charge on any atom is 0.416 e. The summed E-state index contributed by atoms with van der Waals surface area (Å²) in [4.78, 5) is 0. The van der Waals surface area contributed by atoms with Crippen molar-refractivity contribution in [2.45, 2.75) is 31.6 Å². The van der Waals surface area contributed by atoms with Crippen molar-refractivity contribution < 1.29 is 26.3 Å². The molecule has 1 aliphatic rings. The van der Waals surface area contributed by atoms with Gasteiger partial charge < -0.3 is 0 Å². The van der Waals surface area contributed by atoms with Crippen LogP contribution in [0, 0.1) is 23.7 Å². The monoisotopic (exact) mass is 630 g/mol. The highest BCUT2D eigenvalue weighted by atomic mass is 19.4. The van der Waals surface area contributed by atoms with E-state index >= 15 is 0 Å². The van der Waals surface area contributed by atoms with Crippen LogP contribution in [-0.2, 0) is 17.8 Å². The molecule has 0 N–H and O–H groups in total. The van der Waals surface area contributed by atoms with Crippen LogP contribution in [0.25, 0.3) is 32.7 Å². The summed E-state index contributed by atoms with van der Waals surface area (Å²) in [6.45, 7) is 4.34. The molecule has 0 unspecified atom stereocenters. The van der Waals surface area contributed by atoms with Gasteiger partial charge in [-0.1, -0.05) is 86.1 Å². The van der Waals surface area contributed by atoms with Crippen LogP contribution < -0.4 is 0 Å². The minimum absolute atomic E-state index is 0.310. The molecule has 7 rings (SSSR count). The minimum Gasteiger partial charge on any atom is -0.166 e. The summed E-state index contributed by atoms with van der Waals surface area (Å²) < 4.78 is 79.0. The molecule has 0 heterocycles. The van der Waals surface area contributed by atoms with Gasteiger partial charge in [-0.3, -0.25) is 0 Å². The summed E-state index contributed by atoms with van der Waals surface area (Å²) in [6.07, 6.45) is -8.89. The van der Waals surface area contributed by atoms with Crippen LogP contribution >= 0.6 is 0 Å². The van der Waals surface area contributed by atoms with E-state index in [9.17, 15) is 26.3 Å². The molecule has 0 saturated heterocycles. The summed E-state index contributed by atoms with van der Waals surface area (Å²) >= 11 is 0. The molecule has 6 heteroatoms. The maximum absolute atomic E-state index is 13.2. The number of hydrogen-bond donors (Lipinski definition) is 0. The van der Waals surface area contributed by atoms with Gasteiger partial charge in [-0.05, 0) is 104 Å². The Morgan fingerprint density at radius 3 is 1.38 bits per heavy atom. The molecule has 1 aliphatic carbocycles. The number of halogens is 6. The van der Waals surface area contributed by atoms with Crippen molar-refractivity contribution in [3.63, 3.8) is 0 Å². The Balaban J connectivity index is 1.49. The zero-order valence-corrected chi connectivity index (χ0v) is 25.2. The van der Waals surface area contributed by atoms with Gasteiger partial charge in [-0.15, -0.1) is 0 Å². The first-order chi connectivity index (χ1) is 22.3. The second-order valence-electron chi connectivity index (χ2n) is 12.1. The summed E-state index contributed by atoms with van der Waals surface area (Å²) in [7, 11) is 0. The van der Waals surface area contributed by atoms with Crippen LogP contribution in [0.15, 0.2) is 109 Å². The van der Waals surface area contributed by atoms with Crippen molar-refractivity contribution in [3.8, 4) is 34.8 Å². The van der Waals surface area contributed by atoms with Crippen molar-refractivity contribution in [2.75, 3.05) is 0 Å². The lowest BCUT2D eigenvalue weighted by molar-refractivity contribution is -0.138. The summed E-state index contributed by atoms with van der Waals surface area (Å²) in [5.41, 5.74) is 4.98. The first-order valence-electron chi connectivity index (χ1n) is 14.8. The van der Waals surface area contributed by atoms with Crippen molar-refractivity contribution >= 4 is 21.5 Å². The van der Waals surface area contributed by atoms with E-state index in [2.05, 4.69) is 61.8 Å². The van der Waals surface area contributed by atoms with Gasteiger partial charge in [0.25, 0.3) is 0 Å². The Morgan fingerprint density at radius 2 is 0.894 bits per heavy atom. The molecule has 0 nitrogen and oxygen atoms in total. The molecule has 47 heavy (non-hydrogen) atoms.